The van der Waals surface area contributed by atoms with E-state index in [1.165, 1.54) is 12.1 Å². The minimum Gasteiger partial charge on any atom is -0.370 e. The number of benzene rings is 1. The van der Waals surface area contributed by atoms with Crippen LogP contribution in [-0.4, -0.2) is 55.0 Å². The highest BCUT2D eigenvalue weighted by Crippen LogP contribution is 2.17. The van der Waals surface area contributed by atoms with Crippen LogP contribution in [0.3, 0.4) is 0 Å². The number of hydrogen-bond acceptors (Lipinski definition) is 4. The summed E-state index contributed by atoms with van der Waals surface area (Å²) in [5, 5.41) is 4.66. The van der Waals surface area contributed by atoms with Crippen LogP contribution < -0.4 is 15.5 Å². The van der Waals surface area contributed by atoms with E-state index in [9.17, 15) is 18.8 Å². The summed E-state index contributed by atoms with van der Waals surface area (Å²) in [7, 11) is 0. The van der Waals surface area contributed by atoms with Crippen LogP contribution in [0.4, 0.5) is 14.9 Å². The molecule has 2 N–H and O–H groups in total. The number of imide groups is 1. The predicted octanol–water partition coefficient (Wildman–Crippen LogP) is 0.853. The lowest BCUT2D eigenvalue weighted by Gasteiger charge is -2.24. The van der Waals surface area contributed by atoms with Crippen LogP contribution in [0, 0.1) is 5.82 Å². The maximum absolute atomic E-state index is 13.0. The number of hydrogen-bond donors (Lipinski definition) is 2. The van der Waals surface area contributed by atoms with E-state index >= 15 is 0 Å². The number of carbonyl (C=O) groups is 3. The van der Waals surface area contributed by atoms with Crippen LogP contribution in [0.2, 0.25) is 0 Å². The van der Waals surface area contributed by atoms with Crippen molar-refractivity contribution in [2.45, 2.75) is 25.3 Å². The number of rotatable bonds is 4. The van der Waals surface area contributed by atoms with Crippen molar-refractivity contribution < 1.29 is 18.8 Å². The molecule has 25 heavy (non-hydrogen) atoms. The summed E-state index contributed by atoms with van der Waals surface area (Å²) >= 11 is 0. The Bertz CT molecular complexity index is 664. The van der Waals surface area contributed by atoms with Crippen LogP contribution in [-0.2, 0) is 9.59 Å². The first kappa shape index (κ1) is 17.2. The number of halogens is 1. The third-order valence-electron chi connectivity index (χ3n) is 4.55. The Hall–Kier alpha value is -2.64. The highest BCUT2D eigenvalue weighted by molar-refractivity contribution is 6.04. The lowest BCUT2D eigenvalue weighted by Crippen LogP contribution is -2.37. The van der Waals surface area contributed by atoms with Crippen molar-refractivity contribution >= 4 is 23.5 Å². The predicted molar refractivity (Wildman–Crippen MR) is 89.5 cm³/mol. The van der Waals surface area contributed by atoms with Gasteiger partial charge in [0.2, 0.25) is 5.91 Å². The monoisotopic (exact) mass is 348 g/mol. The van der Waals surface area contributed by atoms with E-state index in [1.54, 1.807) is 17.0 Å². The Morgan fingerprint density at radius 2 is 1.88 bits per heavy atom. The average molecular weight is 348 g/mol. The zero-order chi connectivity index (χ0) is 17.8. The summed E-state index contributed by atoms with van der Waals surface area (Å²) in [6.07, 6.45) is 1.34. The van der Waals surface area contributed by atoms with E-state index in [2.05, 4.69) is 15.5 Å². The van der Waals surface area contributed by atoms with Gasteiger partial charge in [0, 0.05) is 38.3 Å². The molecule has 2 fully saturated rings. The summed E-state index contributed by atoms with van der Waals surface area (Å²) in [5.41, 5.74) is 0.945. The summed E-state index contributed by atoms with van der Waals surface area (Å²) in [4.78, 5) is 38.9. The molecule has 0 spiro atoms. The molecular formula is C17H21FN4O3. The second-order valence-corrected chi connectivity index (χ2v) is 6.25. The maximum Gasteiger partial charge on any atom is 0.322 e. The highest BCUT2D eigenvalue weighted by Gasteiger charge is 2.30. The molecule has 8 heteroatoms. The van der Waals surface area contributed by atoms with Gasteiger partial charge in [-0.1, -0.05) is 0 Å². The minimum atomic E-state index is -0.626. The molecule has 0 unspecified atom stereocenters. The van der Waals surface area contributed by atoms with E-state index in [4.69, 9.17) is 0 Å². The second-order valence-electron chi connectivity index (χ2n) is 6.25. The van der Waals surface area contributed by atoms with E-state index < -0.39 is 12.1 Å². The fourth-order valence-electron chi connectivity index (χ4n) is 3.17. The van der Waals surface area contributed by atoms with Gasteiger partial charge in [0.05, 0.1) is 0 Å². The largest absolute Gasteiger partial charge is 0.370 e. The number of amides is 4. The van der Waals surface area contributed by atoms with Crippen molar-refractivity contribution in [2.75, 3.05) is 31.1 Å². The van der Waals surface area contributed by atoms with Gasteiger partial charge in [-0.2, -0.15) is 0 Å². The molecule has 1 aromatic rings. The first-order valence-electron chi connectivity index (χ1n) is 8.42. The molecule has 0 saturated carbocycles. The molecule has 2 aliphatic rings. The quantitative estimate of drug-likeness (QED) is 0.791. The lowest BCUT2D eigenvalue weighted by molar-refractivity contribution is -0.131. The summed E-state index contributed by atoms with van der Waals surface area (Å²) < 4.78 is 13.0. The summed E-state index contributed by atoms with van der Waals surface area (Å²) in [6, 6.07) is 5.22. The van der Waals surface area contributed by atoms with Crippen molar-refractivity contribution in [3.63, 3.8) is 0 Å². The van der Waals surface area contributed by atoms with Crippen molar-refractivity contribution in [3.05, 3.63) is 30.1 Å². The lowest BCUT2D eigenvalue weighted by atomic mass is 10.1. The van der Waals surface area contributed by atoms with Crippen LogP contribution in [0.1, 0.15) is 19.3 Å². The third kappa shape index (κ3) is 4.26. The third-order valence-corrected chi connectivity index (χ3v) is 4.55. The van der Waals surface area contributed by atoms with E-state index in [0.29, 0.717) is 26.1 Å². The maximum atomic E-state index is 13.0. The molecule has 2 aliphatic heterocycles. The molecule has 1 aromatic carbocycles. The van der Waals surface area contributed by atoms with Gasteiger partial charge >= 0.3 is 6.03 Å². The Balaban J connectivity index is 1.50. The fraction of sp³-hybridized carbons (Fsp3) is 0.471. The molecule has 7 nitrogen and oxygen atoms in total. The van der Waals surface area contributed by atoms with E-state index in [1.807, 2.05) is 0 Å². The average Bonchev–Trinajstić information content (AvgIpc) is 2.78. The topological polar surface area (TPSA) is 81.8 Å². The van der Waals surface area contributed by atoms with E-state index in [-0.39, 0.29) is 24.1 Å². The molecular weight excluding hydrogens is 327 g/mol. The zero-order valence-electron chi connectivity index (χ0n) is 13.8. The number of nitrogens with one attached hydrogen (secondary N) is 2. The van der Waals surface area contributed by atoms with Crippen molar-refractivity contribution in [1.82, 2.24) is 15.5 Å². The van der Waals surface area contributed by atoms with Crippen molar-refractivity contribution in [2.24, 2.45) is 0 Å². The fourth-order valence-corrected chi connectivity index (χ4v) is 3.17. The molecule has 134 valence electrons. The normalized spacial score (nSPS) is 20.9. The van der Waals surface area contributed by atoms with Crippen LogP contribution in [0.15, 0.2) is 24.3 Å². The number of urea groups is 1. The molecule has 4 amide bonds. The van der Waals surface area contributed by atoms with Gasteiger partial charge in [-0.25, -0.2) is 9.18 Å². The van der Waals surface area contributed by atoms with Gasteiger partial charge in [-0.15, -0.1) is 0 Å². The Morgan fingerprint density at radius 1 is 1.12 bits per heavy atom. The first-order valence-corrected chi connectivity index (χ1v) is 8.42. The number of anilines is 1. The Kier molecular flexibility index (Phi) is 5.16. The van der Waals surface area contributed by atoms with Crippen molar-refractivity contribution in [1.29, 1.82) is 0 Å². The first-order chi connectivity index (χ1) is 12.0. The van der Waals surface area contributed by atoms with Crippen LogP contribution >= 0.6 is 0 Å². The minimum absolute atomic E-state index is 0.0186. The molecule has 3 rings (SSSR count). The van der Waals surface area contributed by atoms with Gasteiger partial charge in [-0.3, -0.25) is 14.9 Å². The van der Waals surface area contributed by atoms with Gasteiger partial charge in [0.15, 0.2) is 0 Å². The Morgan fingerprint density at radius 3 is 2.56 bits per heavy atom. The van der Waals surface area contributed by atoms with Gasteiger partial charge in [0.1, 0.15) is 11.9 Å². The molecule has 2 heterocycles. The molecule has 0 aromatic heterocycles. The molecule has 0 radical (unpaired) electrons. The van der Waals surface area contributed by atoms with Crippen LogP contribution in [0.5, 0.6) is 0 Å². The van der Waals surface area contributed by atoms with Gasteiger partial charge in [-0.05, 0) is 37.1 Å². The zero-order valence-corrected chi connectivity index (χ0v) is 13.8. The smallest absolute Gasteiger partial charge is 0.322 e. The standard InChI is InChI=1S/C17H21FN4O3/c18-12-2-4-13(5-3-12)21-8-1-9-22(11-10-21)15(23)7-6-14-16(24)20-17(25)19-14/h2-5,14H,1,6-11H2,(H2,19,20,24,25)/t14-/m1/s1. The van der Waals surface area contributed by atoms with Gasteiger partial charge < -0.3 is 15.1 Å². The SMILES string of the molecule is O=C1NC(=O)[C@@H](CCC(=O)N2CCCN(c3ccc(F)cc3)CC2)N1. The second kappa shape index (κ2) is 7.50. The number of carbonyl (C=O) groups excluding carboxylic acids is 3. The van der Waals surface area contributed by atoms with E-state index in [0.717, 1.165) is 18.7 Å². The van der Waals surface area contributed by atoms with Gasteiger partial charge in [0.25, 0.3) is 5.91 Å². The molecule has 1 atom stereocenters. The van der Waals surface area contributed by atoms with Crippen molar-refractivity contribution in [3.8, 4) is 0 Å². The highest BCUT2D eigenvalue weighted by atomic mass is 19.1. The molecule has 0 aliphatic carbocycles. The van der Waals surface area contributed by atoms with Crippen LogP contribution in [0.25, 0.3) is 0 Å². The molecule has 0 bridgehead atoms. The molecule has 2 saturated heterocycles. The number of nitrogens with zero attached hydrogens (tertiary/aromatic N) is 2. The summed E-state index contributed by atoms with van der Waals surface area (Å²) in [6.45, 7) is 2.72. The Labute approximate surface area is 145 Å². The summed E-state index contributed by atoms with van der Waals surface area (Å²) in [5.74, 6) is -0.663.